The van der Waals surface area contributed by atoms with Gasteiger partial charge >= 0.3 is 6.03 Å². The van der Waals surface area contributed by atoms with Gasteiger partial charge in [-0.25, -0.2) is 4.79 Å². The quantitative estimate of drug-likeness (QED) is 0.623. The normalized spacial score (nSPS) is 26.1. The van der Waals surface area contributed by atoms with Crippen LogP contribution in [-0.2, 0) is 4.79 Å². The molecule has 1 unspecified atom stereocenters. The summed E-state index contributed by atoms with van der Waals surface area (Å²) >= 11 is 0. The summed E-state index contributed by atoms with van der Waals surface area (Å²) in [7, 11) is 0. The van der Waals surface area contributed by atoms with Crippen molar-refractivity contribution in [2.45, 2.75) is 19.4 Å². The van der Waals surface area contributed by atoms with Gasteiger partial charge in [-0.05, 0) is 0 Å². The van der Waals surface area contributed by atoms with Crippen LogP contribution in [0.15, 0.2) is 0 Å². The zero-order valence-corrected chi connectivity index (χ0v) is 8.32. The van der Waals surface area contributed by atoms with Gasteiger partial charge in [-0.3, -0.25) is 4.79 Å². The molecule has 3 amide bonds. The molecular formula is C9H15N3O2. The largest absolute Gasteiger partial charge is 0.339 e. The van der Waals surface area contributed by atoms with E-state index in [9.17, 15) is 9.59 Å². The predicted molar refractivity (Wildman–Crippen MR) is 50.8 cm³/mol. The molecule has 14 heavy (non-hydrogen) atoms. The summed E-state index contributed by atoms with van der Waals surface area (Å²) in [6.45, 7) is 4.57. The first-order valence-corrected chi connectivity index (χ1v) is 5.04. The first kappa shape index (κ1) is 9.30. The van der Waals surface area contributed by atoms with Crippen LogP contribution in [0.25, 0.3) is 0 Å². The lowest BCUT2D eigenvalue weighted by molar-refractivity contribution is -0.132. The van der Waals surface area contributed by atoms with Gasteiger partial charge in [0, 0.05) is 32.6 Å². The van der Waals surface area contributed by atoms with Crippen molar-refractivity contribution in [3.05, 3.63) is 0 Å². The molecule has 2 rings (SSSR count). The highest BCUT2D eigenvalue weighted by atomic mass is 16.2. The van der Waals surface area contributed by atoms with E-state index >= 15 is 0 Å². The fourth-order valence-corrected chi connectivity index (χ4v) is 2.05. The smallest absolute Gasteiger partial charge is 0.317 e. The summed E-state index contributed by atoms with van der Waals surface area (Å²) in [5.74, 6) is 0.184. The van der Waals surface area contributed by atoms with Crippen molar-refractivity contribution in [3.63, 3.8) is 0 Å². The van der Waals surface area contributed by atoms with Crippen LogP contribution in [0.2, 0.25) is 0 Å². The van der Waals surface area contributed by atoms with Crippen molar-refractivity contribution in [2.24, 2.45) is 0 Å². The molecule has 2 saturated heterocycles. The molecule has 2 heterocycles. The second kappa shape index (κ2) is 3.48. The molecular weight excluding hydrogens is 182 g/mol. The minimum absolute atomic E-state index is 0.0126. The summed E-state index contributed by atoms with van der Waals surface area (Å²) in [6.07, 6.45) is 0.550. The van der Waals surface area contributed by atoms with Crippen LogP contribution in [0.4, 0.5) is 4.79 Å². The third-order valence-corrected chi connectivity index (χ3v) is 2.89. The van der Waals surface area contributed by atoms with Gasteiger partial charge in [0.1, 0.15) is 0 Å². The summed E-state index contributed by atoms with van der Waals surface area (Å²) in [6, 6.07) is 0.199. The first-order chi connectivity index (χ1) is 6.72. The first-order valence-electron chi connectivity index (χ1n) is 5.04. The zero-order chi connectivity index (χ0) is 10.1. The van der Waals surface area contributed by atoms with Crippen molar-refractivity contribution in [1.29, 1.82) is 0 Å². The van der Waals surface area contributed by atoms with Crippen LogP contribution in [0.3, 0.4) is 0 Å². The summed E-state index contributed by atoms with van der Waals surface area (Å²) < 4.78 is 0. The Hall–Kier alpha value is -1.26. The number of rotatable bonds is 1. The Kier molecular flexibility index (Phi) is 2.31. The van der Waals surface area contributed by atoms with E-state index in [2.05, 4.69) is 5.32 Å². The standard InChI is InChI=1S/C9H15N3O2/c1-2-8(13)11-3-4-12-7(6-11)5-10-9(12)14/h7H,2-6H2,1H3,(H,10,14). The van der Waals surface area contributed by atoms with Gasteiger partial charge in [0.25, 0.3) is 0 Å². The third kappa shape index (κ3) is 1.42. The lowest BCUT2D eigenvalue weighted by atomic mass is 10.2. The molecule has 1 N–H and O–H groups in total. The number of piperazine rings is 1. The molecule has 2 fully saturated rings. The SMILES string of the molecule is CCC(=O)N1CCN2C(=O)NCC2C1. The Morgan fingerprint density at radius 1 is 1.57 bits per heavy atom. The summed E-state index contributed by atoms with van der Waals surface area (Å²) in [5, 5.41) is 2.79. The molecule has 1 atom stereocenters. The van der Waals surface area contributed by atoms with Crippen molar-refractivity contribution >= 4 is 11.9 Å². The lowest BCUT2D eigenvalue weighted by Crippen LogP contribution is -2.53. The van der Waals surface area contributed by atoms with E-state index < -0.39 is 0 Å². The van der Waals surface area contributed by atoms with Crippen LogP contribution < -0.4 is 5.32 Å². The van der Waals surface area contributed by atoms with Gasteiger partial charge in [-0.15, -0.1) is 0 Å². The number of hydrogen-bond acceptors (Lipinski definition) is 2. The number of nitrogens with zero attached hydrogens (tertiary/aromatic N) is 2. The molecule has 0 aromatic carbocycles. The highest BCUT2D eigenvalue weighted by molar-refractivity contribution is 5.79. The van der Waals surface area contributed by atoms with Gasteiger partial charge in [0.05, 0.1) is 6.04 Å². The number of amides is 3. The van der Waals surface area contributed by atoms with Crippen molar-refractivity contribution in [2.75, 3.05) is 26.2 Å². The number of carbonyl (C=O) groups excluding carboxylic acids is 2. The second-order valence-corrected chi connectivity index (χ2v) is 3.73. The minimum atomic E-state index is 0.0126. The Morgan fingerprint density at radius 2 is 2.36 bits per heavy atom. The average Bonchev–Trinajstić information content (AvgIpc) is 2.59. The van der Waals surface area contributed by atoms with Crippen LogP contribution in [0.1, 0.15) is 13.3 Å². The molecule has 0 saturated carbocycles. The van der Waals surface area contributed by atoms with Crippen LogP contribution in [-0.4, -0.2) is 54.0 Å². The van der Waals surface area contributed by atoms with E-state index in [4.69, 9.17) is 0 Å². The monoisotopic (exact) mass is 197 g/mol. The van der Waals surface area contributed by atoms with Gasteiger partial charge in [-0.2, -0.15) is 0 Å². The molecule has 0 bridgehead atoms. The maximum atomic E-state index is 11.4. The van der Waals surface area contributed by atoms with Gasteiger partial charge in [-0.1, -0.05) is 6.92 Å². The number of carbonyl (C=O) groups is 2. The summed E-state index contributed by atoms with van der Waals surface area (Å²) in [4.78, 5) is 26.4. The number of hydrogen-bond donors (Lipinski definition) is 1. The topological polar surface area (TPSA) is 52.7 Å². The van der Waals surface area contributed by atoms with E-state index in [-0.39, 0.29) is 18.0 Å². The molecule has 5 nitrogen and oxygen atoms in total. The van der Waals surface area contributed by atoms with Crippen molar-refractivity contribution in [1.82, 2.24) is 15.1 Å². The van der Waals surface area contributed by atoms with Crippen LogP contribution in [0.5, 0.6) is 0 Å². The average molecular weight is 197 g/mol. The number of urea groups is 1. The van der Waals surface area contributed by atoms with E-state index in [1.54, 1.807) is 0 Å². The van der Waals surface area contributed by atoms with Crippen LogP contribution in [0, 0.1) is 0 Å². The van der Waals surface area contributed by atoms with E-state index in [0.29, 0.717) is 32.6 Å². The van der Waals surface area contributed by atoms with Gasteiger partial charge < -0.3 is 15.1 Å². The highest BCUT2D eigenvalue weighted by Gasteiger charge is 2.36. The molecule has 5 heteroatoms. The number of fused-ring (bicyclic) bond motifs is 1. The lowest BCUT2D eigenvalue weighted by Gasteiger charge is -2.36. The van der Waals surface area contributed by atoms with E-state index in [0.717, 1.165) is 0 Å². The van der Waals surface area contributed by atoms with E-state index in [1.165, 1.54) is 0 Å². The maximum absolute atomic E-state index is 11.4. The fourth-order valence-electron chi connectivity index (χ4n) is 2.05. The Morgan fingerprint density at radius 3 is 3.07 bits per heavy atom. The predicted octanol–water partition coefficient (Wildman–Crippen LogP) is -0.368. The van der Waals surface area contributed by atoms with Crippen LogP contribution >= 0.6 is 0 Å². The molecule has 2 aliphatic rings. The molecule has 0 aliphatic carbocycles. The third-order valence-electron chi connectivity index (χ3n) is 2.89. The maximum Gasteiger partial charge on any atom is 0.317 e. The Labute approximate surface area is 83.0 Å². The molecule has 78 valence electrons. The Bertz CT molecular complexity index is 267. The minimum Gasteiger partial charge on any atom is -0.339 e. The Balaban J connectivity index is 1.99. The molecule has 0 aromatic rings. The zero-order valence-electron chi connectivity index (χ0n) is 8.32. The molecule has 2 aliphatic heterocycles. The summed E-state index contributed by atoms with van der Waals surface area (Å²) in [5.41, 5.74) is 0. The molecule has 0 spiro atoms. The van der Waals surface area contributed by atoms with Gasteiger partial charge in [0.2, 0.25) is 5.91 Å². The number of nitrogens with one attached hydrogen (secondary N) is 1. The fraction of sp³-hybridized carbons (Fsp3) is 0.778. The second-order valence-electron chi connectivity index (χ2n) is 3.73. The van der Waals surface area contributed by atoms with Crippen molar-refractivity contribution in [3.8, 4) is 0 Å². The highest BCUT2D eigenvalue weighted by Crippen LogP contribution is 2.14. The van der Waals surface area contributed by atoms with Gasteiger partial charge in [0.15, 0.2) is 0 Å². The molecule has 0 radical (unpaired) electrons. The van der Waals surface area contributed by atoms with Crippen molar-refractivity contribution < 1.29 is 9.59 Å². The van der Waals surface area contributed by atoms with E-state index in [1.807, 2.05) is 16.7 Å². The molecule has 0 aromatic heterocycles.